The first-order chi connectivity index (χ1) is 19.1. The molecule has 40 heavy (non-hydrogen) atoms. The molecule has 0 fully saturated rings. The largest absolute Gasteiger partial charge is 0.500 e. The van der Waals surface area contributed by atoms with Crippen molar-refractivity contribution in [3.63, 3.8) is 0 Å². The van der Waals surface area contributed by atoms with E-state index in [0.29, 0.717) is 44.6 Å². The normalized spacial score (nSPS) is 13.7. The fourth-order valence-corrected chi connectivity index (χ4v) is 7.67. The molecule has 0 bridgehead atoms. The molecular weight excluding hydrogens is 554 g/mol. The van der Waals surface area contributed by atoms with Crippen LogP contribution in [0.25, 0.3) is 0 Å². The quantitative estimate of drug-likeness (QED) is 0.110. The number of esters is 2. The van der Waals surface area contributed by atoms with Crippen LogP contribution in [0, 0.1) is 11.8 Å². The second-order valence-corrected chi connectivity index (χ2v) is 15.8. The van der Waals surface area contributed by atoms with Crippen molar-refractivity contribution in [2.24, 2.45) is 11.8 Å². The van der Waals surface area contributed by atoms with E-state index in [1.165, 1.54) is 0 Å². The molecule has 11 nitrogen and oxygen atoms in total. The number of carbonyl (C=O) groups excluding carboxylic acids is 2. The highest BCUT2D eigenvalue weighted by Crippen LogP contribution is 2.17. The number of nitrogens with zero attached hydrogens (tertiary/aromatic N) is 1. The van der Waals surface area contributed by atoms with Crippen LogP contribution in [0.4, 0.5) is 0 Å². The minimum atomic E-state index is -2.70. The Morgan fingerprint density at radius 1 is 0.675 bits per heavy atom. The number of benzene rings is 1. The Balaban J connectivity index is 2.67. The van der Waals surface area contributed by atoms with E-state index in [4.69, 9.17) is 36.0 Å². The molecule has 13 heteroatoms. The molecule has 0 saturated heterocycles. The highest BCUT2D eigenvalue weighted by atomic mass is 28.4. The Kier molecular flexibility index (Phi) is 17.7. The van der Waals surface area contributed by atoms with Crippen molar-refractivity contribution in [1.82, 2.24) is 4.90 Å². The molecule has 0 aliphatic heterocycles. The van der Waals surface area contributed by atoms with Gasteiger partial charge in [-0.1, -0.05) is 44.2 Å². The second kappa shape index (κ2) is 19.4. The molecule has 1 rings (SSSR count). The fraction of sp³-hybridized carbons (Fsp3) is 0.704. The van der Waals surface area contributed by atoms with E-state index in [-0.39, 0.29) is 25.2 Å². The zero-order valence-corrected chi connectivity index (χ0v) is 27.4. The first kappa shape index (κ1) is 36.3. The monoisotopic (exact) mass is 603 g/mol. The van der Waals surface area contributed by atoms with Gasteiger partial charge in [0.25, 0.3) is 0 Å². The summed E-state index contributed by atoms with van der Waals surface area (Å²) in [6, 6.07) is 11.0. The van der Waals surface area contributed by atoms with Gasteiger partial charge in [0.05, 0.1) is 25.0 Å². The maximum atomic E-state index is 12.8. The van der Waals surface area contributed by atoms with E-state index in [1.807, 2.05) is 44.2 Å². The number of hydrogen-bond acceptors (Lipinski definition) is 11. The van der Waals surface area contributed by atoms with Crippen molar-refractivity contribution in [3.8, 4) is 0 Å². The Morgan fingerprint density at radius 2 is 1.05 bits per heavy atom. The molecule has 0 aliphatic rings. The first-order valence-electron chi connectivity index (χ1n) is 13.5. The highest BCUT2D eigenvalue weighted by Gasteiger charge is 2.38. The first-order valence-corrected chi connectivity index (χ1v) is 17.4. The van der Waals surface area contributed by atoms with Gasteiger partial charge < -0.3 is 36.0 Å². The molecule has 0 N–H and O–H groups in total. The predicted octanol–water partition coefficient (Wildman–Crippen LogP) is 3.38. The molecule has 0 heterocycles. The van der Waals surface area contributed by atoms with Gasteiger partial charge in [-0.15, -0.1) is 0 Å². The zero-order chi connectivity index (χ0) is 30.0. The van der Waals surface area contributed by atoms with Gasteiger partial charge in [-0.2, -0.15) is 0 Å². The lowest BCUT2D eigenvalue weighted by Crippen LogP contribution is -2.43. The van der Waals surface area contributed by atoms with E-state index < -0.39 is 29.4 Å². The molecule has 0 aliphatic carbocycles. The van der Waals surface area contributed by atoms with Crippen LogP contribution in [0.1, 0.15) is 32.3 Å². The maximum Gasteiger partial charge on any atom is 0.500 e. The molecule has 2 unspecified atom stereocenters. The Hall–Kier alpha value is -1.69. The third-order valence-corrected chi connectivity index (χ3v) is 12.4. The lowest BCUT2D eigenvalue weighted by Gasteiger charge is -2.27. The molecule has 1 aromatic rings. The predicted molar refractivity (Wildman–Crippen MR) is 154 cm³/mol. The van der Waals surface area contributed by atoms with Crippen LogP contribution < -0.4 is 0 Å². The summed E-state index contributed by atoms with van der Waals surface area (Å²) in [6.07, 6.45) is 1.14. The van der Waals surface area contributed by atoms with Crippen LogP contribution in [-0.2, 0) is 52.2 Å². The smallest absolute Gasteiger partial charge is 0.465 e. The maximum absolute atomic E-state index is 12.8. The van der Waals surface area contributed by atoms with Gasteiger partial charge in [0.15, 0.2) is 0 Å². The fourth-order valence-electron chi connectivity index (χ4n) is 4.29. The minimum absolute atomic E-state index is 0.245. The van der Waals surface area contributed by atoms with Crippen molar-refractivity contribution in [2.75, 3.05) is 69.0 Å². The molecule has 1 aromatic carbocycles. The topological polar surface area (TPSA) is 111 Å². The number of carbonyl (C=O) groups is 2. The van der Waals surface area contributed by atoms with Gasteiger partial charge in [-0.05, 0) is 18.4 Å². The van der Waals surface area contributed by atoms with Crippen molar-refractivity contribution in [2.45, 2.75) is 45.3 Å². The van der Waals surface area contributed by atoms with E-state index in [2.05, 4.69) is 4.90 Å². The summed E-state index contributed by atoms with van der Waals surface area (Å²) < 4.78 is 43.5. The van der Waals surface area contributed by atoms with E-state index >= 15 is 0 Å². The number of rotatable bonds is 22. The summed E-state index contributed by atoms with van der Waals surface area (Å²) in [5, 5.41) is 0. The summed E-state index contributed by atoms with van der Waals surface area (Å²) in [6.45, 7) is 5.61. The SMILES string of the molecule is CO[Si](CCCOC(=O)C(C)CN(Cc1ccccc1)CC(C)C(=O)OCCC[Si](OC)(OC)OC)(OC)OC. The lowest BCUT2D eigenvalue weighted by atomic mass is 10.1. The van der Waals surface area contributed by atoms with Crippen molar-refractivity contribution in [1.29, 1.82) is 0 Å². The van der Waals surface area contributed by atoms with Crippen LogP contribution in [0.5, 0.6) is 0 Å². The third kappa shape index (κ3) is 12.4. The van der Waals surface area contributed by atoms with Crippen LogP contribution in [0.3, 0.4) is 0 Å². The van der Waals surface area contributed by atoms with Gasteiger partial charge >= 0.3 is 29.5 Å². The molecular formula is C27H49NO10Si2. The van der Waals surface area contributed by atoms with Gasteiger partial charge in [-0.3, -0.25) is 14.5 Å². The third-order valence-electron chi connectivity index (χ3n) is 6.73. The van der Waals surface area contributed by atoms with Crippen LogP contribution in [-0.4, -0.2) is 103 Å². The van der Waals surface area contributed by atoms with Crippen molar-refractivity contribution >= 4 is 29.5 Å². The second-order valence-electron chi connectivity index (χ2n) is 9.61. The average Bonchev–Trinajstić information content (AvgIpc) is 2.98. The summed E-state index contributed by atoms with van der Waals surface area (Å²) in [7, 11) is 3.94. The molecule has 0 aromatic heterocycles. The zero-order valence-electron chi connectivity index (χ0n) is 25.4. The highest BCUT2D eigenvalue weighted by molar-refractivity contribution is 6.60. The van der Waals surface area contributed by atoms with Crippen molar-refractivity contribution in [3.05, 3.63) is 35.9 Å². The van der Waals surface area contributed by atoms with E-state index in [0.717, 1.165) is 5.56 Å². The van der Waals surface area contributed by atoms with Crippen LogP contribution >= 0.6 is 0 Å². The molecule has 0 radical (unpaired) electrons. The van der Waals surface area contributed by atoms with Gasteiger partial charge in [-0.25, -0.2) is 0 Å². The van der Waals surface area contributed by atoms with Crippen molar-refractivity contribution < 1.29 is 45.6 Å². The number of ether oxygens (including phenoxy) is 2. The van der Waals surface area contributed by atoms with Gasteiger partial charge in [0.2, 0.25) is 0 Å². The molecule has 0 spiro atoms. The molecule has 2 atom stereocenters. The van der Waals surface area contributed by atoms with Crippen LogP contribution in [0.15, 0.2) is 30.3 Å². The number of hydrogen-bond donors (Lipinski definition) is 0. The average molecular weight is 604 g/mol. The van der Waals surface area contributed by atoms with E-state index in [9.17, 15) is 9.59 Å². The standard InChI is InChI=1S/C27H49NO10Si2/c1-23(26(29)37-16-12-18-39(31-3,32-4)33-5)20-28(22-25-14-10-9-11-15-25)21-24(2)27(30)38-17-13-19-40(34-6,35-7)36-8/h9-11,14-15,23-24H,12-13,16-22H2,1-8H3. The van der Waals surface area contributed by atoms with Gasteiger partial charge in [0, 0.05) is 74.4 Å². The molecule has 0 amide bonds. The summed E-state index contributed by atoms with van der Waals surface area (Å²) in [4.78, 5) is 27.6. The molecule has 230 valence electrons. The molecule has 0 saturated carbocycles. The lowest BCUT2D eigenvalue weighted by molar-refractivity contribution is -0.149. The minimum Gasteiger partial charge on any atom is -0.465 e. The summed E-state index contributed by atoms with van der Waals surface area (Å²) >= 11 is 0. The van der Waals surface area contributed by atoms with Crippen LogP contribution in [0.2, 0.25) is 12.1 Å². The Labute approximate surface area is 242 Å². The summed E-state index contributed by atoms with van der Waals surface area (Å²) in [5.74, 6) is -1.38. The summed E-state index contributed by atoms with van der Waals surface area (Å²) in [5.41, 5.74) is 1.09. The Morgan fingerprint density at radius 3 is 1.40 bits per heavy atom. The Bertz CT molecular complexity index is 775. The van der Waals surface area contributed by atoms with Gasteiger partial charge in [0.1, 0.15) is 0 Å². The van der Waals surface area contributed by atoms with E-state index in [1.54, 1.807) is 42.7 Å².